The lowest BCUT2D eigenvalue weighted by Gasteiger charge is -2.04. The fourth-order valence-electron chi connectivity index (χ4n) is 1.48. The van der Waals surface area contributed by atoms with E-state index >= 15 is 0 Å². The molecule has 0 radical (unpaired) electrons. The lowest BCUT2D eigenvalue weighted by molar-refractivity contribution is -0.177. The number of nitrogens with two attached hydrogens (primary N) is 1. The number of hydrogen-bond donors (Lipinski definition) is 1. The van der Waals surface area contributed by atoms with Crippen LogP contribution in [0.4, 0.5) is 13.2 Å². The second-order valence-electron chi connectivity index (χ2n) is 4.17. The highest BCUT2D eigenvalue weighted by molar-refractivity contribution is 4.84. The van der Waals surface area contributed by atoms with Gasteiger partial charge in [0.15, 0.2) is 5.82 Å². The molecule has 5 nitrogen and oxygen atoms in total. The summed E-state index contributed by atoms with van der Waals surface area (Å²) in [6.07, 6.45) is 0.226. The number of ether oxygens (including phenoxy) is 1. The quantitative estimate of drug-likeness (QED) is 0.702. The Labute approximate surface area is 109 Å². The van der Waals surface area contributed by atoms with Crippen molar-refractivity contribution in [3.63, 3.8) is 0 Å². The molecular weight excluding hydrogens is 263 g/mol. The molecule has 0 saturated heterocycles. The topological polar surface area (TPSA) is 74.2 Å². The van der Waals surface area contributed by atoms with Crippen molar-refractivity contribution in [2.24, 2.45) is 5.73 Å². The van der Waals surface area contributed by atoms with Gasteiger partial charge in [-0.3, -0.25) is 0 Å². The Morgan fingerprint density at radius 3 is 2.58 bits per heavy atom. The number of hydrogen-bond acceptors (Lipinski definition) is 5. The van der Waals surface area contributed by atoms with Crippen molar-refractivity contribution < 1.29 is 22.4 Å². The summed E-state index contributed by atoms with van der Waals surface area (Å²) in [4.78, 5) is 3.95. The maximum atomic E-state index is 11.8. The summed E-state index contributed by atoms with van der Waals surface area (Å²) in [5.41, 5.74) is 5.37. The first-order valence-electron chi connectivity index (χ1n) is 6.17. The van der Waals surface area contributed by atoms with Crippen molar-refractivity contribution in [2.75, 3.05) is 13.2 Å². The van der Waals surface area contributed by atoms with E-state index in [1.54, 1.807) is 0 Å². The van der Waals surface area contributed by atoms with E-state index < -0.39 is 12.8 Å². The summed E-state index contributed by atoms with van der Waals surface area (Å²) in [5.74, 6) is 0.569. The van der Waals surface area contributed by atoms with Crippen molar-refractivity contribution >= 4 is 0 Å². The van der Waals surface area contributed by atoms with E-state index in [1.165, 1.54) is 0 Å². The highest BCUT2D eigenvalue weighted by Gasteiger charge is 2.27. The molecule has 0 bridgehead atoms. The first-order valence-corrected chi connectivity index (χ1v) is 6.17. The third-order valence-electron chi connectivity index (χ3n) is 2.35. The van der Waals surface area contributed by atoms with Crippen LogP contribution in [0.25, 0.3) is 0 Å². The average Bonchev–Trinajstić information content (AvgIpc) is 2.75. The first kappa shape index (κ1) is 15.9. The van der Waals surface area contributed by atoms with Gasteiger partial charge in [0.25, 0.3) is 0 Å². The van der Waals surface area contributed by atoms with Crippen LogP contribution in [0, 0.1) is 0 Å². The van der Waals surface area contributed by atoms with Crippen molar-refractivity contribution in [1.29, 1.82) is 0 Å². The van der Waals surface area contributed by atoms with Crippen LogP contribution in [-0.2, 0) is 17.8 Å². The number of rotatable bonds is 9. The molecule has 0 atom stereocenters. The molecule has 110 valence electrons. The highest BCUT2D eigenvalue weighted by atomic mass is 19.4. The standard InChI is InChI=1S/C11H18F3N3O2/c12-11(13,14)8-18-7-9-16-10(19-17-9)5-3-1-2-4-6-15/h1-8,15H2. The Morgan fingerprint density at radius 2 is 1.89 bits per heavy atom. The monoisotopic (exact) mass is 281 g/mol. The Bertz CT molecular complexity index is 355. The van der Waals surface area contributed by atoms with Gasteiger partial charge < -0.3 is 15.0 Å². The average molecular weight is 281 g/mol. The molecule has 0 spiro atoms. The molecule has 1 heterocycles. The van der Waals surface area contributed by atoms with Crippen molar-refractivity contribution in [3.05, 3.63) is 11.7 Å². The Balaban J connectivity index is 2.17. The molecule has 0 aliphatic carbocycles. The molecular formula is C11H18F3N3O2. The van der Waals surface area contributed by atoms with E-state index in [-0.39, 0.29) is 12.4 Å². The van der Waals surface area contributed by atoms with Crippen molar-refractivity contribution in [3.8, 4) is 0 Å². The SMILES string of the molecule is NCCCCCCc1nc(COCC(F)(F)F)no1. The minimum absolute atomic E-state index is 0.140. The van der Waals surface area contributed by atoms with Gasteiger partial charge in [-0.1, -0.05) is 18.0 Å². The van der Waals surface area contributed by atoms with Gasteiger partial charge in [0.1, 0.15) is 13.2 Å². The fraction of sp³-hybridized carbons (Fsp3) is 0.818. The van der Waals surface area contributed by atoms with Gasteiger partial charge in [0, 0.05) is 6.42 Å². The smallest absolute Gasteiger partial charge is 0.364 e. The summed E-state index contributed by atoms with van der Waals surface area (Å²) in [5, 5.41) is 3.55. The maximum absolute atomic E-state index is 11.8. The Morgan fingerprint density at radius 1 is 1.16 bits per heavy atom. The summed E-state index contributed by atoms with van der Waals surface area (Å²) in [6, 6.07) is 0. The summed E-state index contributed by atoms with van der Waals surface area (Å²) in [7, 11) is 0. The molecule has 0 aliphatic heterocycles. The number of aryl methyl sites for hydroxylation is 1. The highest BCUT2D eigenvalue weighted by Crippen LogP contribution is 2.15. The van der Waals surface area contributed by atoms with Crippen LogP contribution in [0.1, 0.15) is 37.4 Å². The van der Waals surface area contributed by atoms with E-state index in [9.17, 15) is 13.2 Å². The fourth-order valence-corrected chi connectivity index (χ4v) is 1.48. The Kier molecular flexibility index (Phi) is 6.79. The van der Waals surface area contributed by atoms with Gasteiger partial charge in [0.2, 0.25) is 5.89 Å². The molecule has 0 aromatic carbocycles. The Hall–Kier alpha value is -1.15. The van der Waals surface area contributed by atoms with Crippen LogP contribution >= 0.6 is 0 Å². The maximum Gasteiger partial charge on any atom is 0.411 e. The van der Waals surface area contributed by atoms with Crippen LogP contribution in [0.3, 0.4) is 0 Å². The normalized spacial score (nSPS) is 12.0. The van der Waals surface area contributed by atoms with Crippen LogP contribution in [0.2, 0.25) is 0 Å². The van der Waals surface area contributed by atoms with E-state index in [0.29, 0.717) is 18.9 Å². The molecule has 0 saturated carbocycles. The van der Waals surface area contributed by atoms with Gasteiger partial charge in [-0.25, -0.2) is 0 Å². The van der Waals surface area contributed by atoms with Gasteiger partial charge in [-0.15, -0.1) is 0 Å². The minimum atomic E-state index is -4.34. The predicted molar refractivity (Wildman–Crippen MR) is 61.2 cm³/mol. The molecule has 2 N–H and O–H groups in total. The largest absolute Gasteiger partial charge is 0.411 e. The van der Waals surface area contributed by atoms with E-state index in [0.717, 1.165) is 25.7 Å². The molecule has 0 amide bonds. The minimum Gasteiger partial charge on any atom is -0.364 e. The lowest BCUT2D eigenvalue weighted by atomic mass is 10.1. The second kappa shape index (κ2) is 8.11. The second-order valence-corrected chi connectivity index (χ2v) is 4.17. The van der Waals surface area contributed by atoms with Gasteiger partial charge >= 0.3 is 6.18 Å². The van der Waals surface area contributed by atoms with Crippen LogP contribution < -0.4 is 5.73 Å². The van der Waals surface area contributed by atoms with E-state index in [1.807, 2.05) is 0 Å². The molecule has 1 aromatic rings. The molecule has 1 rings (SSSR count). The third-order valence-corrected chi connectivity index (χ3v) is 2.35. The van der Waals surface area contributed by atoms with Crippen LogP contribution in [0.5, 0.6) is 0 Å². The molecule has 0 unspecified atom stereocenters. The molecule has 8 heteroatoms. The summed E-state index contributed by atoms with van der Waals surface area (Å²) < 4.78 is 44.8. The van der Waals surface area contributed by atoms with Gasteiger partial charge in [-0.05, 0) is 19.4 Å². The number of alkyl halides is 3. The van der Waals surface area contributed by atoms with Crippen molar-refractivity contribution in [2.45, 2.75) is 44.9 Å². The van der Waals surface area contributed by atoms with E-state index in [2.05, 4.69) is 14.9 Å². The third kappa shape index (κ3) is 7.78. The summed E-state index contributed by atoms with van der Waals surface area (Å²) in [6.45, 7) is -0.923. The van der Waals surface area contributed by atoms with Gasteiger partial charge in [-0.2, -0.15) is 18.2 Å². The zero-order valence-electron chi connectivity index (χ0n) is 10.6. The molecule has 19 heavy (non-hydrogen) atoms. The number of halogens is 3. The molecule has 1 aromatic heterocycles. The van der Waals surface area contributed by atoms with Crippen molar-refractivity contribution in [1.82, 2.24) is 10.1 Å². The number of aromatic nitrogens is 2. The number of unbranched alkanes of at least 4 members (excludes halogenated alkanes) is 3. The molecule has 0 fully saturated rings. The number of nitrogens with zero attached hydrogens (tertiary/aromatic N) is 2. The van der Waals surface area contributed by atoms with E-state index in [4.69, 9.17) is 10.3 Å². The zero-order valence-corrected chi connectivity index (χ0v) is 10.6. The predicted octanol–water partition coefficient (Wildman–Crippen LogP) is 2.21. The lowest BCUT2D eigenvalue weighted by Crippen LogP contribution is -2.16. The van der Waals surface area contributed by atoms with Crippen LogP contribution in [-0.4, -0.2) is 29.5 Å². The molecule has 0 aliphatic rings. The van der Waals surface area contributed by atoms with Gasteiger partial charge in [0.05, 0.1) is 0 Å². The summed E-state index contributed by atoms with van der Waals surface area (Å²) >= 11 is 0. The first-order chi connectivity index (χ1) is 9.01. The van der Waals surface area contributed by atoms with Crippen LogP contribution in [0.15, 0.2) is 4.52 Å². The zero-order chi connectivity index (χ0) is 14.1.